The van der Waals surface area contributed by atoms with E-state index in [0.29, 0.717) is 6.54 Å². The van der Waals surface area contributed by atoms with Gasteiger partial charge in [0.1, 0.15) is 5.02 Å². The normalized spacial score (nSPS) is 12.9. The number of halogens is 1. The van der Waals surface area contributed by atoms with Gasteiger partial charge in [0.25, 0.3) is 5.56 Å². The van der Waals surface area contributed by atoms with Gasteiger partial charge in [-0.15, -0.1) is 0 Å². The molecule has 1 rings (SSSR count). The molecule has 1 heterocycles. The molecule has 12 heavy (non-hydrogen) atoms. The van der Waals surface area contributed by atoms with Crippen molar-refractivity contribution in [2.24, 2.45) is 11.5 Å². The summed E-state index contributed by atoms with van der Waals surface area (Å²) in [5, 5.41) is 0.136. The average molecular weight is 188 g/mol. The zero-order chi connectivity index (χ0) is 9.14. The number of hydrogen-bond donors (Lipinski definition) is 3. The summed E-state index contributed by atoms with van der Waals surface area (Å²) in [6, 6.07) is 1.25. The lowest BCUT2D eigenvalue weighted by Gasteiger charge is -2.07. The molecule has 0 amide bonds. The Morgan fingerprint density at radius 2 is 2.33 bits per heavy atom. The molecular formula is C7H10ClN3O. The van der Waals surface area contributed by atoms with Crippen molar-refractivity contribution in [3.05, 3.63) is 33.2 Å². The molecule has 5 N–H and O–H groups in total. The smallest absolute Gasteiger partial charge is 0.266 e. The van der Waals surface area contributed by atoms with Crippen LogP contribution in [0.2, 0.25) is 5.02 Å². The molecule has 0 aliphatic heterocycles. The van der Waals surface area contributed by atoms with E-state index in [4.69, 9.17) is 23.1 Å². The Morgan fingerprint density at radius 1 is 1.67 bits per heavy atom. The second kappa shape index (κ2) is 3.71. The topological polar surface area (TPSA) is 84.9 Å². The maximum Gasteiger partial charge on any atom is 0.266 e. The van der Waals surface area contributed by atoms with Crippen LogP contribution in [0, 0.1) is 0 Å². The van der Waals surface area contributed by atoms with Crippen molar-refractivity contribution in [3.8, 4) is 0 Å². The highest BCUT2D eigenvalue weighted by Gasteiger charge is 2.05. The Bertz CT molecular complexity index is 323. The number of aromatic amines is 1. The molecule has 0 spiro atoms. The minimum Gasteiger partial charge on any atom is -0.329 e. The zero-order valence-corrected chi connectivity index (χ0v) is 7.14. The summed E-state index contributed by atoms with van der Waals surface area (Å²) in [6.07, 6.45) is 1.52. The standard InChI is InChI=1S/C7H10ClN3O/c8-5-1-4(6(10)2-9)3-11-7(5)12/h1,3,6H,2,9-10H2,(H,11,12)/t6-/m0/s1. The fourth-order valence-corrected chi connectivity index (χ4v) is 1.00. The average Bonchev–Trinajstić information content (AvgIpc) is 2.08. The molecule has 1 aromatic heterocycles. The highest BCUT2D eigenvalue weighted by Crippen LogP contribution is 2.09. The Hall–Kier alpha value is -0.840. The molecule has 0 unspecified atom stereocenters. The van der Waals surface area contributed by atoms with Gasteiger partial charge < -0.3 is 16.5 Å². The van der Waals surface area contributed by atoms with Gasteiger partial charge in [0.05, 0.1) is 0 Å². The molecule has 0 aliphatic rings. The Labute approximate surface area is 74.5 Å². The van der Waals surface area contributed by atoms with Crippen LogP contribution in [-0.2, 0) is 0 Å². The summed E-state index contributed by atoms with van der Waals surface area (Å²) < 4.78 is 0. The predicted octanol–water partition coefficient (Wildman–Crippen LogP) is -0.0132. The van der Waals surface area contributed by atoms with Gasteiger partial charge in [-0.3, -0.25) is 4.79 Å². The van der Waals surface area contributed by atoms with Crippen molar-refractivity contribution < 1.29 is 0 Å². The fourth-order valence-electron chi connectivity index (χ4n) is 0.822. The number of pyridine rings is 1. The van der Waals surface area contributed by atoms with Gasteiger partial charge in [0.15, 0.2) is 0 Å². The second-order valence-corrected chi connectivity index (χ2v) is 2.86. The van der Waals surface area contributed by atoms with Crippen LogP contribution in [0.3, 0.4) is 0 Å². The number of H-pyrrole nitrogens is 1. The van der Waals surface area contributed by atoms with E-state index in [9.17, 15) is 4.79 Å². The first-order valence-electron chi connectivity index (χ1n) is 3.49. The quantitative estimate of drug-likeness (QED) is 0.609. The van der Waals surface area contributed by atoms with E-state index < -0.39 is 0 Å². The number of nitrogens with two attached hydrogens (primary N) is 2. The molecule has 0 aliphatic carbocycles. The van der Waals surface area contributed by atoms with E-state index in [-0.39, 0.29) is 16.6 Å². The molecular weight excluding hydrogens is 178 g/mol. The van der Waals surface area contributed by atoms with Gasteiger partial charge >= 0.3 is 0 Å². The lowest BCUT2D eigenvalue weighted by atomic mass is 10.1. The molecule has 66 valence electrons. The minimum absolute atomic E-state index is 0.136. The monoisotopic (exact) mass is 187 g/mol. The number of rotatable bonds is 2. The van der Waals surface area contributed by atoms with Crippen LogP contribution in [0.5, 0.6) is 0 Å². The molecule has 0 fully saturated rings. The first-order valence-corrected chi connectivity index (χ1v) is 3.86. The van der Waals surface area contributed by atoms with Gasteiger partial charge in [-0.25, -0.2) is 0 Å². The third kappa shape index (κ3) is 1.85. The van der Waals surface area contributed by atoms with Crippen molar-refractivity contribution in [2.75, 3.05) is 6.54 Å². The maximum atomic E-state index is 10.8. The number of nitrogens with one attached hydrogen (secondary N) is 1. The first-order chi connectivity index (χ1) is 5.65. The zero-order valence-electron chi connectivity index (χ0n) is 6.38. The van der Waals surface area contributed by atoms with Crippen LogP contribution < -0.4 is 17.0 Å². The molecule has 0 bridgehead atoms. The highest BCUT2D eigenvalue weighted by atomic mass is 35.5. The van der Waals surface area contributed by atoms with E-state index in [1.54, 1.807) is 0 Å². The van der Waals surface area contributed by atoms with E-state index in [0.717, 1.165) is 5.56 Å². The summed E-state index contributed by atoms with van der Waals surface area (Å²) in [5.41, 5.74) is 11.4. The van der Waals surface area contributed by atoms with Crippen LogP contribution in [0.4, 0.5) is 0 Å². The third-order valence-corrected chi connectivity index (χ3v) is 1.84. The van der Waals surface area contributed by atoms with E-state index >= 15 is 0 Å². The third-order valence-electron chi connectivity index (χ3n) is 1.56. The van der Waals surface area contributed by atoms with Gasteiger partial charge in [0, 0.05) is 18.8 Å². The SMILES string of the molecule is NC[C@H](N)c1c[nH]c(=O)c(Cl)c1. The molecule has 0 aromatic carbocycles. The summed E-state index contributed by atoms with van der Waals surface area (Å²) in [6.45, 7) is 0.322. The largest absolute Gasteiger partial charge is 0.329 e. The molecule has 1 atom stereocenters. The molecule has 0 saturated carbocycles. The van der Waals surface area contributed by atoms with Crippen molar-refractivity contribution in [3.63, 3.8) is 0 Å². The Morgan fingerprint density at radius 3 is 2.83 bits per heavy atom. The summed E-state index contributed by atoms with van der Waals surface area (Å²) in [7, 11) is 0. The lowest BCUT2D eigenvalue weighted by molar-refractivity contribution is 0.732. The van der Waals surface area contributed by atoms with Crippen LogP contribution in [0.1, 0.15) is 11.6 Å². The van der Waals surface area contributed by atoms with Gasteiger partial charge in [-0.1, -0.05) is 11.6 Å². The van der Waals surface area contributed by atoms with Crippen LogP contribution >= 0.6 is 11.6 Å². The highest BCUT2D eigenvalue weighted by molar-refractivity contribution is 6.30. The Kier molecular flexibility index (Phi) is 2.86. The van der Waals surface area contributed by atoms with Crippen molar-refractivity contribution >= 4 is 11.6 Å². The van der Waals surface area contributed by atoms with Crippen LogP contribution in [-0.4, -0.2) is 11.5 Å². The molecule has 5 heteroatoms. The van der Waals surface area contributed by atoms with Crippen molar-refractivity contribution in [2.45, 2.75) is 6.04 Å². The maximum absolute atomic E-state index is 10.8. The number of hydrogen-bond acceptors (Lipinski definition) is 3. The minimum atomic E-state index is -0.315. The lowest BCUT2D eigenvalue weighted by Crippen LogP contribution is -2.22. The summed E-state index contributed by atoms with van der Waals surface area (Å²) >= 11 is 5.57. The predicted molar refractivity (Wildman–Crippen MR) is 48.1 cm³/mol. The van der Waals surface area contributed by atoms with E-state index in [1.165, 1.54) is 12.3 Å². The van der Waals surface area contributed by atoms with E-state index in [1.807, 2.05) is 0 Å². The van der Waals surface area contributed by atoms with Gasteiger partial charge in [0.2, 0.25) is 0 Å². The number of aromatic nitrogens is 1. The molecule has 0 saturated heterocycles. The van der Waals surface area contributed by atoms with Gasteiger partial charge in [-0.05, 0) is 11.6 Å². The van der Waals surface area contributed by atoms with Gasteiger partial charge in [-0.2, -0.15) is 0 Å². The first kappa shape index (κ1) is 9.25. The van der Waals surface area contributed by atoms with Crippen LogP contribution in [0.15, 0.2) is 17.1 Å². The Balaban J connectivity index is 3.04. The summed E-state index contributed by atoms with van der Waals surface area (Å²) in [5.74, 6) is 0. The molecule has 1 aromatic rings. The fraction of sp³-hybridized carbons (Fsp3) is 0.286. The second-order valence-electron chi connectivity index (χ2n) is 2.45. The van der Waals surface area contributed by atoms with Crippen molar-refractivity contribution in [1.29, 1.82) is 0 Å². The summed E-state index contributed by atoms with van der Waals surface area (Å²) in [4.78, 5) is 13.3. The van der Waals surface area contributed by atoms with Crippen LogP contribution in [0.25, 0.3) is 0 Å². The van der Waals surface area contributed by atoms with E-state index in [2.05, 4.69) is 4.98 Å². The van der Waals surface area contributed by atoms with Crippen molar-refractivity contribution in [1.82, 2.24) is 4.98 Å². The molecule has 0 radical (unpaired) electrons. The molecule has 4 nitrogen and oxygen atoms in total.